The summed E-state index contributed by atoms with van der Waals surface area (Å²) in [6.45, 7) is 2.87. The number of piperidine rings is 1. The molecule has 5 aliphatic rings. The predicted octanol–water partition coefficient (Wildman–Crippen LogP) is 4.13. The lowest BCUT2D eigenvalue weighted by molar-refractivity contribution is -0.384. The van der Waals surface area contributed by atoms with Crippen LogP contribution in [0.3, 0.4) is 0 Å². The van der Waals surface area contributed by atoms with E-state index in [1.54, 1.807) is 18.2 Å². The summed E-state index contributed by atoms with van der Waals surface area (Å²) in [7, 11) is 0. The van der Waals surface area contributed by atoms with E-state index in [9.17, 15) is 20.3 Å². The highest BCUT2D eigenvalue weighted by Gasteiger charge is 2.72. The third kappa shape index (κ3) is 4.22. The number of nitrogens with zero attached hydrogens (tertiary/aromatic N) is 3. The Labute approximate surface area is 271 Å². The Morgan fingerprint density at radius 1 is 1.17 bits per heavy atom. The van der Waals surface area contributed by atoms with Gasteiger partial charge in [-0.1, -0.05) is 24.3 Å². The van der Waals surface area contributed by atoms with E-state index in [1.165, 1.54) is 30.5 Å². The maximum Gasteiger partial charge on any atom is 0.269 e. The van der Waals surface area contributed by atoms with Gasteiger partial charge in [0.05, 0.1) is 28.2 Å². The number of aromatic nitrogens is 1. The van der Waals surface area contributed by atoms with Gasteiger partial charge in [-0.05, 0) is 85.0 Å². The second-order valence-corrected chi connectivity index (χ2v) is 14.1. The maximum atomic E-state index is 13.1. The van der Waals surface area contributed by atoms with Crippen molar-refractivity contribution in [2.24, 2.45) is 16.6 Å². The topological polar surface area (TPSA) is 162 Å². The molecule has 2 aliphatic heterocycles. The first-order valence-electron chi connectivity index (χ1n) is 16.6. The number of likely N-dealkylation sites (tertiary alicyclic amines) is 1. The van der Waals surface area contributed by atoms with E-state index in [0.29, 0.717) is 31.2 Å². The van der Waals surface area contributed by atoms with Gasteiger partial charge in [-0.3, -0.25) is 15.0 Å². The highest BCUT2D eigenvalue weighted by molar-refractivity contribution is 5.87. The van der Waals surface area contributed by atoms with Crippen LogP contribution in [-0.4, -0.2) is 62.3 Å². The average molecular weight is 635 g/mol. The fourth-order valence-corrected chi connectivity index (χ4v) is 9.11. The van der Waals surface area contributed by atoms with E-state index in [4.69, 9.17) is 10.5 Å². The van der Waals surface area contributed by atoms with Gasteiger partial charge < -0.3 is 31.0 Å². The molecule has 4 unspecified atom stereocenters. The highest BCUT2D eigenvalue weighted by Crippen LogP contribution is 2.69. The van der Waals surface area contributed by atoms with E-state index in [-0.39, 0.29) is 17.5 Å². The molecule has 3 aromatic carbocycles. The van der Waals surface area contributed by atoms with Gasteiger partial charge >= 0.3 is 0 Å². The van der Waals surface area contributed by atoms with Crippen molar-refractivity contribution in [1.82, 2.24) is 15.2 Å². The number of hydrogen-bond donors (Lipinski definition) is 5. The number of aromatic amines is 1. The molecular formula is C36H38N6O5. The van der Waals surface area contributed by atoms with Crippen LogP contribution in [0.15, 0.2) is 59.6 Å². The summed E-state index contributed by atoms with van der Waals surface area (Å²) in [5, 5.41) is 39.2. The normalized spacial score (nSPS) is 27.3. The van der Waals surface area contributed by atoms with Gasteiger partial charge in [0.15, 0.2) is 23.6 Å². The fraction of sp³-hybridized carbons (Fsp3) is 0.417. The monoisotopic (exact) mass is 634 g/mol. The van der Waals surface area contributed by atoms with E-state index in [1.807, 2.05) is 6.07 Å². The molecule has 3 heterocycles. The zero-order valence-electron chi connectivity index (χ0n) is 26.0. The molecule has 2 fully saturated rings. The zero-order chi connectivity index (χ0) is 32.1. The molecule has 4 atom stereocenters. The molecule has 9 rings (SSSR count). The van der Waals surface area contributed by atoms with Crippen LogP contribution < -0.4 is 15.8 Å². The minimum absolute atomic E-state index is 0.00954. The molecule has 242 valence electrons. The number of rotatable bonds is 8. The molecule has 11 nitrogen and oxygen atoms in total. The van der Waals surface area contributed by atoms with Gasteiger partial charge in [-0.2, -0.15) is 0 Å². The molecule has 11 heteroatoms. The molecule has 1 aromatic heterocycles. The Balaban J connectivity index is 0.992. The van der Waals surface area contributed by atoms with Gasteiger partial charge in [0.1, 0.15) is 0 Å². The zero-order valence-corrected chi connectivity index (χ0v) is 26.0. The molecule has 47 heavy (non-hydrogen) atoms. The lowest BCUT2D eigenvalue weighted by Gasteiger charge is -2.62. The van der Waals surface area contributed by atoms with Crippen LogP contribution in [0, 0.1) is 16.0 Å². The number of benzene rings is 3. The molecule has 1 spiro atoms. The van der Waals surface area contributed by atoms with Gasteiger partial charge in [-0.15, -0.1) is 0 Å². The van der Waals surface area contributed by atoms with Crippen LogP contribution in [0.2, 0.25) is 0 Å². The summed E-state index contributed by atoms with van der Waals surface area (Å²) in [5.41, 5.74) is 11.9. The number of aliphatic imine (C=N–C) groups is 1. The van der Waals surface area contributed by atoms with Crippen LogP contribution in [0.1, 0.15) is 58.9 Å². The van der Waals surface area contributed by atoms with Crippen molar-refractivity contribution >= 4 is 22.5 Å². The second-order valence-electron chi connectivity index (χ2n) is 14.1. The molecule has 0 amide bonds. The number of fused-ring (bicyclic) bond motifs is 4. The third-order valence-electron chi connectivity index (χ3n) is 11.5. The smallest absolute Gasteiger partial charge is 0.269 e. The van der Waals surface area contributed by atoms with Gasteiger partial charge in [0, 0.05) is 54.2 Å². The van der Waals surface area contributed by atoms with Crippen LogP contribution >= 0.6 is 0 Å². The number of nitro benzene ring substituents is 1. The predicted molar refractivity (Wildman–Crippen MR) is 177 cm³/mol. The standard InChI is InChI=1S/C36H38N6O5/c37-34(39-18-21-3-7-24(8-4-21)42(45)46)38-13-11-20-5-9-27-25(15-20)26-17-36(44)29-16-23-6-10-28(43)32-30(23)35(36,33(47-32)31(26)40-27)12-14-41(29)19-22-1-2-22/h3-10,15,22,29,33,40,43-44H,1-2,11-14,16-19H2,(H3,37,38,39). The van der Waals surface area contributed by atoms with Crippen molar-refractivity contribution in [2.45, 2.75) is 68.2 Å². The summed E-state index contributed by atoms with van der Waals surface area (Å²) >= 11 is 0. The Hall–Kier alpha value is -4.61. The lowest BCUT2D eigenvalue weighted by Crippen LogP contribution is -2.74. The summed E-state index contributed by atoms with van der Waals surface area (Å²) in [5.74, 6) is 1.74. The molecular weight excluding hydrogens is 596 g/mol. The highest BCUT2D eigenvalue weighted by atomic mass is 16.6. The Morgan fingerprint density at radius 2 is 1.98 bits per heavy atom. The second kappa shape index (κ2) is 10.2. The number of nitrogens with two attached hydrogens (primary N) is 1. The molecule has 0 radical (unpaired) electrons. The largest absolute Gasteiger partial charge is 0.504 e. The van der Waals surface area contributed by atoms with Crippen molar-refractivity contribution in [3.8, 4) is 11.5 Å². The Bertz CT molecular complexity index is 1970. The third-order valence-corrected chi connectivity index (χ3v) is 11.5. The number of H-pyrrole nitrogens is 1. The average Bonchev–Trinajstić information content (AvgIpc) is 3.71. The van der Waals surface area contributed by atoms with E-state index in [0.717, 1.165) is 77.1 Å². The molecule has 2 bridgehead atoms. The van der Waals surface area contributed by atoms with Crippen LogP contribution in [-0.2, 0) is 31.2 Å². The first kappa shape index (κ1) is 28.6. The Morgan fingerprint density at radius 3 is 2.77 bits per heavy atom. The van der Waals surface area contributed by atoms with Gasteiger partial charge in [-0.25, -0.2) is 4.99 Å². The number of non-ortho nitro benzene ring substituents is 1. The SMILES string of the molecule is NC(=NCc1ccc([N+](=O)[O-])cc1)NCCc1ccc2[nH]c3c(c2c1)CC1(O)C2Cc4ccc(O)c5c4C1(CCN2CC1CC1)C3O5. The van der Waals surface area contributed by atoms with Crippen molar-refractivity contribution in [3.63, 3.8) is 0 Å². The number of ether oxygens (including phenoxy) is 1. The summed E-state index contributed by atoms with van der Waals surface area (Å²) in [4.78, 5) is 21.1. The number of nitro groups is 1. The number of aromatic hydroxyl groups is 1. The number of phenols is 1. The summed E-state index contributed by atoms with van der Waals surface area (Å²) < 4.78 is 6.73. The number of phenolic OH excluding ortho intramolecular Hbond substituents is 1. The van der Waals surface area contributed by atoms with E-state index >= 15 is 0 Å². The summed E-state index contributed by atoms with van der Waals surface area (Å²) in [6.07, 6.45) is 4.95. The van der Waals surface area contributed by atoms with Crippen LogP contribution in [0.5, 0.6) is 11.5 Å². The van der Waals surface area contributed by atoms with Crippen LogP contribution in [0.25, 0.3) is 10.9 Å². The van der Waals surface area contributed by atoms with Gasteiger partial charge in [0.25, 0.3) is 5.69 Å². The number of nitrogens with one attached hydrogen (secondary N) is 2. The first-order chi connectivity index (χ1) is 22.7. The number of guanidine groups is 1. The summed E-state index contributed by atoms with van der Waals surface area (Å²) in [6, 6.07) is 16.5. The van der Waals surface area contributed by atoms with Crippen molar-refractivity contribution in [2.75, 3.05) is 19.6 Å². The number of aliphatic hydroxyl groups is 1. The number of hydrogen-bond acceptors (Lipinski definition) is 7. The Kier molecular flexibility index (Phi) is 6.20. The van der Waals surface area contributed by atoms with E-state index < -0.39 is 22.0 Å². The fourth-order valence-electron chi connectivity index (χ4n) is 9.11. The van der Waals surface area contributed by atoms with Crippen molar-refractivity contribution < 1.29 is 19.9 Å². The first-order valence-corrected chi connectivity index (χ1v) is 16.6. The van der Waals surface area contributed by atoms with Gasteiger partial charge in [0.2, 0.25) is 0 Å². The molecule has 3 aliphatic carbocycles. The minimum Gasteiger partial charge on any atom is -0.504 e. The van der Waals surface area contributed by atoms with E-state index in [2.05, 4.69) is 38.4 Å². The van der Waals surface area contributed by atoms with Crippen molar-refractivity contribution in [1.29, 1.82) is 0 Å². The lowest BCUT2D eigenvalue weighted by atomic mass is 9.49. The van der Waals surface area contributed by atoms with Crippen molar-refractivity contribution in [3.05, 3.63) is 98.2 Å². The minimum atomic E-state index is -1.02. The maximum absolute atomic E-state index is 13.1. The molecule has 1 saturated heterocycles. The molecule has 6 N–H and O–H groups in total. The molecule has 1 saturated carbocycles. The van der Waals surface area contributed by atoms with Crippen LogP contribution in [0.4, 0.5) is 5.69 Å². The molecule has 4 aromatic rings. The quantitative estimate of drug-likeness (QED) is 0.0837.